The SMILES string of the molecule is CN=C(NCCS(=O)(=O)C(C)(C)C)N1CCN(Cc2c(F)cccc2Cl)CC1. The maximum Gasteiger partial charge on any atom is 0.193 e. The minimum Gasteiger partial charge on any atom is -0.355 e. The number of hydrogen-bond acceptors (Lipinski definition) is 4. The molecule has 28 heavy (non-hydrogen) atoms. The first-order valence-electron chi connectivity index (χ1n) is 9.38. The molecule has 0 aromatic heterocycles. The van der Waals surface area contributed by atoms with E-state index in [9.17, 15) is 12.8 Å². The van der Waals surface area contributed by atoms with Gasteiger partial charge in [0.2, 0.25) is 0 Å². The Hall–Kier alpha value is -1.38. The fourth-order valence-electron chi connectivity index (χ4n) is 2.96. The molecule has 0 radical (unpaired) electrons. The third-order valence-electron chi connectivity index (χ3n) is 4.91. The molecule has 0 spiro atoms. The van der Waals surface area contributed by atoms with Gasteiger partial charge in [-0.15, -0.1) is 0 Å². The molecule has 9 heteroatoms. The summed E-state index contributed by atoms with van der Waals surface area (Å²) >= 11 is 6.12. The van der Waals surface area contributed by atoms with Crippen molar-refractivity contribution in [3.8, 4) is 0 Å². The van der Waals surface area contributed by atoms with E-state index in [1.165, 1.54) is 6.07 Å². The zero-order valence-electron chi connectivity index (χ0n) is 17.0. The van der Waals surface area contributed by atoms with Gasteiger partial charge in [-0.05, 0) is 32.9 Å². The second kappa shape index (κ2) is 9.41. The van der Waals surface area contributed by atoms with Crippen molar-refractivity contribution in [3.63, 3.8) is 0 Å². The molecule has 0 atom stereocenters. The van der Waals surface area contributed by atoms with E-state index >= 15 is 0 Å². The Morgan fingerprint density at radius 3 is 2.43 bits per heavy atom. The predicted octanol–water partition coefficient (Wildman–Crippen LogP) is 2.39. The highest BCUT2D eigenvalue weighted by molar-refractivity contribution is 7.92. The number of guanidine groups is 1. The fourth-order valence-corrected chi connectivity index (χ4v) is 4.17. The van der Waals surface area contributed by atoms with Gasteiger partial charge >= 0.3 is 0 Å². The second-order valence-electron chi connectivity index (χ2n) is 7.87. The molecule has 0 bridgehead atoms. The highest BCUT2D eigenvalue weighted by Gasteiger charge is 2.28. The molecule has 1 saturated heterocycles. The molecular weight excluding hydrogens is 403 g/mol. The summed E-state index contributed by atoms with van der Waals surface area (Å²) in [7, 11) is -1.49. The lowest BCUT2D eigenvalue weighted by atomic mass is 10.2. The van der Waals surface area contributed by atoms with E-state index in [0.29, 0.717) is 29.6 Å². The van der Waals surface area contributed by atoms with E-state index in [0.717, 1.165) is 26.2 Å². The third kappa shape index (κ3) is 5.81. The van der Waals surface area contributed by atoms with Crippen molar-refractivity contribution in [1.82, 2.24) is 15.1 Å². The Balaban J connectivity index is 1.86. The minimum atomic E-state index is -3.18. The van der Waals surface area contributed by atoms with Crippen molar-refractivity contribution in [2.45, 2.75) is 32.1 Å². The van der Waals surface area contributed by atoms with Crippen LogP contribution in [0.2, 0.25) is 5.02 Å². The first kappa shape index (κ1) is 22.9. The van der Waals surface area contributed by atoms with Gasteiger partial charge in [-0.2, -0.15) is 0 Å². The van der Waals surface area contributed by atoms with Gasteiger partial charge in [-0.3, -0.25) is 9.89 Å². The van der Waals surface area contributed by atoms with Crippen LogP contribution in [0.3, 0.4) is 0 Å². The summed E-state index contributed by atoms with van der Waals surface area (Å²) in [6.45, 7) is 8.83. The van der Waals surface area contributed by atoms with Crippen LogP contribution in [0.1, 0.15) is 26.3 Å². The van der Waals surface area contributed by atoms with Gasteiger partial charge in [-0.1, -0.05) is 17.7 Å². The zero-order chi connectivity index (χ0) is 20.9. The lowest BCUT2D eigenvalue weighted by Crippen LogP contribution is -2.53. The molecule has 1 aliphatic heterocycles. The van der Waals surface area contributed by atoms with Crippen molar-refractivity contribution in [2.75, 3.05) is 45.5 Å². The maximum absolute atomic E-state index is 14.0. The van der Waals surface area contributed by atoms with Crippen LogP contribution in [0.25, 0.3) is 0 Å². The molecule has 6 nitrogen and oxygen atoms in total. The van der Waals surface area contributed by atoms with Gasteiger partial charge < -0.3 is 10.2 Å². The number of benzene rings is 1. The number of piperazine rings is 1. The van der Waals surface area contributed by atoms with E-state index in [4.69, 9.17) is 11.6 Å². The van der Waals surface area contributed by atoms with Crippen LogP contribution in [0.4, 0.5) is 4.39 Å². The summed E-state index contributed by atoms with van der Waals surface area (Å²) in [6.07, 6.45) is 0. The molecule has 0 saturated carbocycles. The summed E-state index contributed by atoms with van der Waals surface area (Å²) in [5.41, 5.74) is 0.521. The largest absolute Gasteiger partial charge is 0.355 e. The zero-order valence-corrected chi connectivity index (χ0v) is 18.6. The highest BCUT2D eigenvalue weighted by Crippen LogP contribution is 2.21. The topological polar surface area (TPSA) is 65.0 Å². The number of halogens is 2. The van der Waals surface area contributed by atoms with E-state index in [-0.39, 0.29) is 11.6 Å². The molecule has 1 N–H and O–H groups in total. The summed E-state index contributed by atoms with van der Waals surface area (Å²) in [6, 6.07) is 4.73. The van der Waals surface area contributed by atoms with Crippen molar-refractivity contribution < 1.29 is 12.8 Å². The van der Waals surface area contributed by atoms with Gasteiger partial charge in [-0.25, -0.2) is 12.8 Å². The molecule has 1 fully saturated rings. The summed E-state index contributed by atoms with van der Waals surface area (Å²) < 4.78 is 37.7. The van der Waals surface area contributed by atoms with Crippen LogP contribution in [0, 0.1) is 5.82 Å². The number of rotatable bonds is 5. The molecule has 1 aromatic rings. The van der Waals surface area contributed by atoms with Crippen LogP contribution in [-0.4, -0.2) is 74.4 Å². The number of nitrogens with zero attached hydrogens (tertiary/aromatic N) is 3. The van der Waals surface area contributed by atoms with Gasteiger partial charge in [0, 0.05) is 56.9 Å². The monoisotopic (exact) mass is 432 g/mol. The van der Waals surface area contributed by atoms with Crippen LogP contribution < -0.4 is 5.32 Å². The number of hydrogen-bond donors (Lipinski definition) is 1. The second-order valence-corrected chi connectivity index (χ2v) is 11.1. The fraction of sp³-hybridized carbons (Fsp3) is 0.632. The van der Waals surface area contributed by atoms with Gasteiger partial charge in [0.05, 0.1) is 10.5 Å². The van der Waals surface area contributed by atoms with Crippen LogP contribution in [0.5, 0.6) is 0 Å². The molecule has 1 heterocycles. The van der Waals surface area contributed by atoms with Crippen LogP contribution in [-0.2, 0) is 16.4 Å². The van der Waals surface area contributed by atoms with Crippen LogP contribution >= 0.6 is 11.6 Å². The van der Waals surface area contributed by atoms with Gasteiger partial charge in [0.15, 0.2) is 15.8 Å². The number of nitrogens with one attached hydrogen (secondary N) is 1. The Morgan fingerprint density at radius 1 is 1.25 bits per heavy atom. The Labute approximate surface area is 172 Å². The predicted molar refractivity (Wildman–Crippen MR) is 113 cm³/mol. The van der Waals surface area contributed by atoms with Crippen molar-refractivity contribution in [1.29, 1.82) is 0 Å². The Morgan fingerprint density at radius 2 is 1.89 bits per heavy atom. The average molecular weight is 433 g/mol. The van der Waals surface area contributed by atoms with Gasteiger partial charge in [0.25, 0.3) is 0 Å². The molecule has 0 aliphatic carbocycles. The first-order valence-corrected chi connectivity index (χ1v) is 11.4. The minimum absolute atomic E-state index is 0.0568. The van der Waals surface area contributed by atoms with E-state index < -0.39 is 14.6 Å². The smallest absolute Gasteiger partial charge is 0.193 e. The molecule has 158 valence electrons. The lowest BCUT2D eigenvalue weighted by molar-refractivity contribution is 0.171. The normalized spacial score (nSPS) is 17.1. The highest BCUT2D eigenvalue weighted by atomic mass is 35.5. The molecule has 2 rings (SSSR count). The molecule has 0 unspecified atom stereocenters. The third-order valence-corrected chi connectivity index (χ3v) is 7.88. The molecule has 1 aromatic carbocycles. The van der Waals surface area contributed by atoms with Crippen LogP contribution in [0.15, 0.2) is 23.2 Å². The van der Waals surface area contributed by atoms with Crippen molar-refractivity contribution in [3.05, 3.63) is 34.6 Å². The first-order chi connectivity index (χ1) is 13.0. The molecule has 1 aliphatic rings. The summed E-state index contributed by atoms with van der Waals surface area (Å²) in [5, 5.41) is 3.59. The summed E-state index contributed by atoms with van der Waals surface area (Å²) in [4.78, 5) is 8.51. The summed E-state index contributed by atoms with van der Waals surface area (Å²) in [5.74, 6) is 0.460. The van der Waals surface area contributed by atoms with Crippen molar-refractivity contribution in [2.24, 2.45) is 4.99 Å². The van der Waals surface area contributed by atoms with E-state index in [2.05, 4.69) is 20.1 Å². The van der Waals surface area contributed by atoms with E-state index in [1.807, 2.05) is 0 Å². The lowest BCUT2D eigenvalue weighted by Gasteiger charge is -2.36. The number of aliphatic imine (C=N–C) groups is 1. The van der Waals surface area contributed by atoms with Gasteiger partial charge in [0.1, 0.15) is 5.82 Å². The van der Waals surface area contributed by atoms with E-state index in [1.54, 1.807) is 40.0 Å². The quantitative estimate of drug-likeness (QED) is 0.571. The number of sulfone groups is 1. The average Bonchev–Trinajstić information content (AvgIpc) is 2.62. The standard InChI is InChI=1S/C19H30ClFN4O2S/c1-19(2,3)28(26,27)13-8-23-18(22-4)25-11-9-24(10-12-25)14-15-16(20)6-5-7-17(15)21/h5-7H,8-14H2,1-4H3,(H,22,23). The molecule has 0 amide bonds. The Bertz CT molecular complexity index is 780. The molecular formula is C19H30ClFN4O2S. The maximum atomic E-state index is 14.0. The Kier molecular flexibility index (Phi) is 7.70. The van der Waals surface area contributed by atoms with Crippen molar-refractivity contribution >= 4 is 27.4 Å².